The molecule has 1 aliphatic rings. The lowest BCUT2D eigenvalue weighted by atomic mass is 9.93. The van der Waals surface area contributed by atoms with Crippen LogP contribution in [0.15, 0.2) is 162 Å². The molecule has 0 bridgehead atoms. The molecule has 7 aromatic rings. The molecule has 1 unspecified atom stereocenters. The normalized spacial score (nSPS) is 13.2. The van der Waals surface area contributed by atoms with Crippen LogP contribution in [0.2, 0.25) is 10.0 Å². The van der Waals surface area contributed by atoms with Crippen LogP contribution in [0.3, 0.4) is 0 Å². The third-order valence-corrected chi connectivity index (χ3v) is 11.9. The van der Waals surface area contributed by atoms with E-state index in [1.54, 1.807) is 36.5 Å². The number of hydrogen-bond acceptors (Lipinski definition) is 7. The van der Waals surface area contributed by atoms with Crippen molar-refractivity contribution in [2.75, 3.05) is 30.6 Å². The van der Waals surface area contributed by atoms with Crippen molar-refractivity contribution in [1.82, 2.24) is 9.97 Å². The Hall–Kier alpha value is -6.16. The molecule has 0 aliphatic carbocycles. The zero-order valence-corrected chi connectivity index (χ0v) is 35.7. The maximum Gasteiger partial charge on any atom is 0.104 e. The fourth-order valence-corrected chi connectivity index (χ4v) is 8.13. The summed E-state index contributed by atoms with van der Waals surface area (Å²) in [6, 6.07) is 38.8. The van der Waals surface area contributed by atoms with Gasteiger partial charge >= 0.3 is 0 Å². The highest BCUT2D eigenvalue weighted by atomic mass is 35.5. The van der Waals surface area contributed by atoms with Crippen molar-refractivity contribution in [3.05, 3.63) is 184 Å². The highest BCUT2D eigenvalue weighted by molar-refractivity contribution is 7.99. The number of hydrogen-bond donors (Lipinski definition) is 0. The first-order valence-corrected chi connectivity index (χ1v) is 21.6. The highest BCUT2D eigenvalue weighted by Crippen LogP contribution is 2.40. The fraction of sp³-hybridized carbons (Fsp3) is 0.135. The van der Waals surface area contributed by atoms with Gasteiger partial charge in [0.15, 0.2) is 0 Å². The summed E-state index contributed by atoms with van der Waals surface area (Å²) < 4.78 is 10.8. The molecule has 0 radical (unpaired) electrons. The van der Waals surface area contributed by atoms with E-state index in [1.807, 2.05) is 90.9 Å². The molecule has 1 saturated heterocycles. The van der Waals surface area contributed by atoms with Crippen LogP contribution in [-0.4, -0.2) is 47.9 Å². The summed E-state index contributed by atoms with van der Waals surface area (Å²) in [6.45, 7) is 4.04. The Labute approximate surface area is 371 Å². The Morgan fingerprint density at radius 2 is 1.36 bits per heavy atom. The Morgan fingerprint density at radius 1 is 0.738 bits per heavy atom. The molecule has 0 spiro atoms. The predicted molar refractivity (Wildman–Crippen MR) is 253 cm³/mol. The number of nitrogens with zero attached hydrogens (tertiary/aromatic N) is 4. The number of anilines is 2. The van der Waals surface area contributed by atoms with E-state index in [2.05, 4.69) is 88.3 Å². The van der Waals surface area contributed by atoms with Crippen LogP contribution in [0.1, 0.15) is 35.6 Å². The summed E-state index contributed by atoms with van der Waals surface area (Å²) in [4.78, 5) is 9.38. The van der Waals surface area contributed by atoms with Gasteiger partial charge in [0.2, 0.25) is 0 Å². The average Bonchev–Trinajstić information content (AvgIpc) is 4.14. The largest absolute Gasteiger partial charge is 0.378 e. The molecule has 0 amide bonds. The van der Waals surface area contributed by atoms with Gasteiger partial charge in [-0.15, -0.1) is 17.7 Å². The molecule has 9 heteroatoms. The van der Waals surface area contributed by atoms with E-state index >= 15 is 0 Å². The van der Waals surface area contributed by atoms with Gasteiger partial charge in [-0.3, -0.25) is 9.97 Å². The summed E-state index contributed by atoms with van der Waals surface area (Å²) in [6.07, 6.45) is 14.4. The monoisotopic (exact) mass is 854 g/mol. The zero-order valence-electron chi connectivity index (χ0n) is 33.4. The summed E-state index contributed by atoms with van der Waals surface area (Å²) in [5.74, 6) is 13.7. The van der Waals surface area contributed by atoms with Crippen molar-refractivity contribution >= 4 is 63.3 Å². The number of ether oxygens (including phenoxy) is 2. The van der Waals surface area contributed by atoms with Gasteiger partial charge in [-0.2, -0.15) is 5.10 Å². The standard InChI is InChI=1S/C52H40Cl2N4O2S/c1-2-6-37-9-14-40(15-10-37)46-20-18-42-33-39(13-19-47(42)49(46)34-57-58(43-23-27-55-28-24-43)44-25-29-56-30-26-44)8-7-38-11-16-41(17-12-38)48-21-22-50(52(54)51(48)53)61-32-5-3-4-31-59-35-45-36-60-45/h3,5,9-30,33-34,45H,4,31-32,35-36H2,1H3/b5-3+,57-34+. The molecule has 0 N–H and O–H groups in total. The van der Waals surface area contributed by atoms with Gasteiger partial charge < -0.3 is 9.47 Å². The molecule has 1 aliphatic heterocycles. The Balaban J connectivity index is 1.01. The molecule has 1 fully saturated rings. The van der Waals surface area contributed by atoms with Gasteiger partial charge in [0.25, 0.3) is 0 Å². The Morgan fingerprint density at radius 3 is 2.03 bits per heavy atom. The SMILES string of the molecule is CC#Cc1ccc(-c2ccc3cc(C#Cc4ccc(-c5ccc(SC/C=C/CCOCC6CO6)c(Cl)c5Cl)cc4)ccc3c2/C=N/N(c2ccncc2)c2ccncc2)cc1. The minimum atomic E-state index is 0.300. The summed E-state index contributed by atoms with van der Waals surface area (Å²) in [5.41, 5.74) is 9.47. The smallest absolute Gasteiger partial charge is 0.104 e. The second-order valence-corrected chi connectivity index (χ2v) is 15.9. The third-order valence-electron chi connectivity index (χ3n) is 9.87. The van der Waals surface area contributed by atoms with E-state index in [9.17, 15) is 0 Å². The second-order valence-electron chi connectivity index (χ2n) is 14.1. The van der Waals surface area contributed by atoms with Crippen LogP contribution < -0.4 is 5.01 Å². The summed E-state index contributed by atoms with van der Waals surface area (Å²) in [7, 11) is 0. The van der Waals surface area contributed by atoms with Gasteiger partial charge in [-0.25, -0.2) is 5.01 Å². The number of halogens is 2. The Bertz CT molecular complexity index is 2770. The van der Waals surface area contributed by atoms with E-state index in [1.165, 1.54) is 0 Å². The van der Waals surface area contributed by atoms with Gasteiger partial charge in [0, 0.05) is 63.3 Å². The average molecular weight is 856 g/mol. The topological polar surface area (TPSA) is 63.1 Å². The van der Waals surface area contributed by atoms with Crippen molar-refractivity contribution < 1.29 is 9.47 Å². The number of benzene rings is 5. The minimum absolute atomic E-state index is 0.300. The molecule has 0 saturated carbocycles. The molecular weight excluding hydrogens is 816 g/mol. The van der Waals surface area contributed by atoms with E-state index < -0.39 is 0 Å². The number of aromatic nitrogens is 2. The lowest BCUT2D eigenvalue weighted by molar-refractivity contribution is 0.120. The van der Waals surface area contributed by atoms with Gasteiger partial charge in [-0.05, 0) is 108 Å². The maximum absolute atomic E-state index is 6.82. The van der Waals surface area contributed by atoms with E-state index in [0.717, 1.165) is 90.3 Å². The number of epoxide rings is 1. The summed E-state index contributed by atoms with van der Waals surface area (Å²) >= 11 is 15.2. The fourth-order valence-electron chi connectivity index (χ4n) is 6.67. The van der Waals surface area contributed by atoms with Gasteiger partial charge in [0.1, 0.15) is 6.10 Å². The van der Waals surface area contributed by atoms with Crippen molar-refractivity contribution in [2.45, 2.75) is 24.3 Å². The number of hydrazone groups is 1. The number of pyridine rings is 2. The quantitative estimate of drug-likeness (QED) is 0.0207. The zero-order chi connectivity index (χ0) is 41.8. The maximum atomic E-state index is 6.82. The Kier molecular flexibility index (Phi) is 13.9. The minimum Gasteiger partial charge on any atom is -0.378 e. The molecule has 300 valence electrons. The lowest BCUT2D eigenvalue weighted by Gasteiger charge is -2.19. The van der Waals surface area contributed by atoms with Crippen molar-refractivity contribution in [1.29, 1.82) is 0 Å². The predicted octanol–water partition coefficient (Wildman–Crippen LogP) is 12.7. The van der Waals surface area contributed by atoms with Gasteiger partial charge in [0.05, 0.1) is 47.5 Å². The van der Waals surface area contributed by atoms with E-state index in [4.69, 9.17) is 37.8 Å². The van der Waals surface area contributed by atoms with Crippen LogP contribution in [0.5, 0.6) is 0 Å². The molecule has 8 rings (SSSR count). The first-order chi connectivity index (χ1) is 30.0. The van der Waals surface area contributed by atoms with Crippen LogP contribution in [0, 0.1) is 23.7 Å². The molecule has 2 aromatic heterocycles. The van der Waals surface area contributed by atoms with E-state index in [-0.39, 0.29) is 0 Å². The van der Waals surface area contributed by atoms with Gasteiger partial charge in [-0.1, -0.05) is 102 Å². The molecule has 5 aromatic carbocycles. The molecular formula is C52H40Cl2N4O2S. The van der Waals surface area contributed by atoms with Crippen molar-refractivity contribution in [3.63, 3.8) is 0 Å². The first kappa shape index (κ1) is 41.6. The van der Waals surface area contributed by atoms with Crippen molar-refractivity contribution in [2.24, 2.45) is 5.10 Å². The lowest BCUT2D eigenvalue weighted by Crippen LogP contribution is -2.10. The summed E-state index contributed by atoms with van der Waals surface area (Å²) in [5, 5.41) is 10.2. The number of thioether (sulfide) groups is 1. The molecule has 6 nitrogen and oxygen atoms in total. The molecule has 61 heavy (non-hydrogen) atoms. The highest BCUT2D eigenvalue weighted by Gasteiger charge is 2.22. The third kappa shape index (κ3) is 10.8. The van der Waals surface area contributed by atoms with Crippen molar-refractivity contribution in [3.8, 4) is 45.9 Å². The van der Waals surface area contributed by atoms with Crippen LogP contribution >= 0.6 is 35.0 Å². The first-order valence-electron chi connectivity index (χ1n) is 19.9. The van der Waals surface area contributed by atoms with Crippen LogP contribution in [-0.2, 0) is 9.47 Å². The second kappa shape index (κ2) is 20.4. The molecule has 3 heterocycles. The van der Waals surface area contributed by atoms with E-state index in [0.29, 0.717) is 29.4 Å². The van der Waals surface area contributed by atoms with Crippen LogP contribution in [0.4, 0.5) is 11.4 Å². The number of fused-ring (bicyclic) bond motifs is 1. The number of rotatable bonds is 14. The van der Waals surface area contributed by atoms with Crippen LogP contribution in [0.25, 0.3) is 33.0 Å². The molecule has 1 atom stereocenters.